The average Bonchev–Trinajstić information content (AvgIpc) is 2.76. The van der Waals surface area contributed by atoms with E-state index in [4.69, 9.17) is 5.73 Å². The van der Waals surface area contributed by atoms with Gasteiger partial charge in [0.1, 0.15) is 0 Å². The Bertz CT molecular complexity index is 399. The standard InChI is InChI=1S/C14H21N3O/c1-11(12-5-4-8-16-10-12)17-13(18)9-14(15)6-2-3-7-14/h4-5,8,10-11H,2-3,6-7,9,15H2,1H3,(H,17,18)/t11-/m1/s1. The average molecular weight is 247 g/mol. The van der Waals surface area contributed by atoms with Crippen LogP contribution >= 0.6 is 0 Å². The number of pyridine rings is 1. The molecule has 1 aliphatic rings. The summed E-state index contributed by atoms with van der Waals surface area (Å²) in [6.07, 6.45) is 8.13. The molecule has 0 radical (unpaired) electrons. The quantitative estimate of drug-likeness (QED) is 0.854. The van der Waals surface area contributed by atoms with E-state index in [9.17, 15) is 4.79 Å². The summed E-state index contributed by atoms with van der Waals surface area (Å²) in [4.78, 5) is 16.0. The molecule has 2 rings (SSSR count). The Morgan fingerprint density at radius 2 is 2.28 bits per heavy atom. The summed E-state index contributed by atoms with van der Waals surface area (Å²) >= 11 is 0. The molecular weight excluding hydrogens is 226 g/mol. The van der Waals surface area contributed by atoms with E-state index in [0.29, 0.717) is 6.42 Å². The minimum Gasteiger partial charge on any atom is -0.349 e. The zero-order chi connectivity index (χ0) is 13.0. The third-order valence-corrected chi connectivity index (χ3v) is 3.67. The highest BCUT2D eigenvalue weighted by atomic mass is 16.1. The molecule has 0 unspecified atom stereocenters. The topological polar surface area (TPSA) is 68.0 Å². The minimum absolute atomic E-state index is 0.0174. The van der Waals surface area contributed by atoms with Crippen LogP contribution in [0.15, 0.2) is 24.5 Å². The largest absolute Gasteiger partial charge is 0.349 e. The summed E-state index contributed by atoms with van der Waals surface area (Å²) in [6.45, 7) is 1.97. The molecule has 1 heterocycles. The zero-order valence-electron chi connectivity index (χ0n) is 10.9. The van der Waals surface area contributed by atoms with Crippen LogP contribution in [-0.4, -0.2) is 16.4 Å². The first-order valence-electron chi connectivity index (χ1n) is 6.57. The number of hydrogen-bond donors (Lipinski definition) is 2. The Morgan fingerprint density at radius 1 is 1.56 bits per heavy atom. The lowest BCUT2D eigenvalue weighted by atomic mass is 9.94. The van der Waals surface area contributed by atoms with E-state index in [1.165, 1.54) is 0 Å². The Hall–Kier alpha value is -1.42. The second-order valence-electron chi connectivity index (χ2n) is 5.32. The van der Waals surface area contributed by atoms with E-state index >= 15 is 0 Å². The van der Waals surface area contributed by atoms with Crippen molar-refractivity contribution in [1.29, 1.82) is 0 Å². The summed E-state index contributed by atoms with van der Waals surface area (Å²) in [6, 6.07) is 3.82. The van der Waals surface area contributed by atoms with Gasteiger partial charge in [0.2, 0.25) is 5.91 Å². The van der Waals surface area contributed by atoms with Gasteiger partial charge in [0.25, 0.3) is 0 Å². The molecule has 4 heteroatoms. The number of nitrogens with two attached hydrogens (primary N) is 1. The van der Waals surface area contributed by atoms with Gasteiger partial charge in [0.05, 0.1) is 6.04 Å². The first-order chi connectivity index (χ1) is 8.59. The molecule has 4 nitrogen and oxygen atoms in total. The fourth-order valence-corrected chi connectivity index (χ4v) is 2.58. The van der Waals surface area contributed by atoms with Gasteiger partial charge in [0.15, 0.2) is 0 Å². The van der Waals surface area contributed by atoms with Crippen LogP contribution in [0.25, 0.3) is 0 Å². The Balaban J connectivity index is 1.88. The van der Waals surface area contributed by atoms with Crippen LogP contribution in [0.2, 0.25) is 0 Å². The highest BCUT2D eigenvalue weighted by Crippen LogP contribution is 2.30. The molecule has 0 aromatic carbocycles. The van der Waals surface area contributed by atoms with Crippen LogP contribution in [0.3, 0.4) is 0 Å². The highest BCUT2D eigenvalue weighted by molar-refractivity contribution is 5.77. The van der Waals surface area contributed by atoms with Crippen LogP contribution in [0, 0.1) is 0 Å². The molecule has 1 amide bonds. The fraction of sp³-hybridized carbons (Fsp3) is 0.571. The van der Waals surface area contributed by atoms with Gasteiger partial charge >= 0.3 is 0 Å². The van der Waals surface area contributed by atoms with Gasteiger partial charge in [-0.2, -0.15) is 0 Å². The van der Waals surface area contributed by atoms with Crippen molar-refractivity contribution in [3.63, 3.8) is 0 Å². The normalized spacial score (nSPS) is 19.4. The van der Waals surface area contributed by atoms with E-state index in [1.807, 2.05) is 19.1 Å². The van der Waals surface area contributed by atoms with Crippen molar-refractivity contribution >= 4 is 5.91 Å². The number of carbonyl (C=O) groups excluding carboxylic acids is 1. The molecule has 18 heavy (non-hydrogen) atoms. The second kappa shape index (κ2) is 5.48. The van der Waals surface area contributed by atoms with Crippen molar-refractivity contribution in [3.8, 4) is 0 Å². The molecule has 0 spiro atoms. The van der Waals surface area contributed by atoms with Gasteiger partial charge in [-0.25, -0.2) is 0 Å². The van der Waals surface area contributed by atoms with E-state index in [1.54, 1.807) is 12.4 Å². The van der Waals surface area contributed by atoms with Crippen molar-refractivity contribution < 1.29 is 4.79 Å². The molecule has 3 N–H and O–H groups in total. The van der Waals surface area contributed by atoms with Crippen LogP contribution in [-0.2, 0) is 4.79 Å². The van der Waals surface area contributed by atoms with Gasteiger partial charge in [-0.3, -0.25) is 9.78 Å². The van der Waals surface area contributed by atoms with Gasteiger partial charge < -0.3 is 11.1 Å². The van der Waals surface area contributed by atoms with Gasteiger partial charge in [-0.05, 0) is 31.4 Å². The fourth-order valence-electron chi connectivity index (χ4n) is 2.58. The van der Waals surface area contributed by atoms with Crippen molar-refractivity contribution in [2.45, 2.75) is 50.6 Å². The zero-order valence-corrected chi connectivity index (χ0v) is 10.9. The van der Waals surface area contributed by atoms with E-state index in [0.717, 1.165) is 31.2 Å². The third kappa shape index (κ3) is 3.29. The predicted molar refractivity (Wildman–Crippen MR) is 70.8 cm³/mol. The van der Waals surface area contributed by atoms with Gasteiger partial charge in [-0.1, -0.05) is 18.9 Å². The molecule has 1 atom stereocenters. The van der Waals surface area contributed by atoms with Gasteiger partial charge in [0, 0.05) is 24.4 Å². The lowest BCUT2D eigenvalue weighted by molar-refractivity contribution is -0.122. The number of hydrogen-bond acceptors (Lipinski definition) is 3. The number of rotatable bonds is 4. The molecule has 1 saturated carbocycles. The molecule has 98 valence electrons. The molecule has 1 fully saturated rings. The maximum absolute atomic E-state index is 12.0. The van der Waals surface area contributed by atoms with Gasteiger partial charge in [-0.15, -0.1) is 0 Å². The summed E-state index contributed by atoms with van der Waals surface area (Å²) in [7, 11) is 0. The maximum atomic E-state index is 12.0. The number of nitrogens with zero attached hydrogens (tertiary/aromatic N) is 1. The summed E-state index contributed by atoms with van der Waals surface area (Å²) in [5.41, 5.74) is 6.94. The SMILES string of the molecule is C[C@@H](NC(=O)CC1(N)CCCC1)c1cccnc1. The van der Waals surface area contributed by atoms with Crippen LogP contribution < -0.4 is 11.1 Å². The number of aromatic nitrogens is 1. The molecule has 1 aliphatic carbocycles. The molecule has 1 aromatic rings. The molecule has 1 aromatic heterocycles. The minimum atomic E-state index is -0.279. The molecular formula is C14H21N3O. The third-order valence-electron chi connectivity index (χ3n) is 3.67. The van der Waals surface area contributed by atoms with Crippen LogP contribution in [0.1, 0.15) is 50.6 Å². The monoisotopic (exact) mass is 247 g/mol. The molecule has 0 bridgehead atoms. The second-order valence-corrected chi connectivity index (χ2v) is 5.32. The first kappa shape index (κ1) is 13.0. The summed E-state index contributed by atoms with van der Waals surface area (Å²) < 4.78 is 0. The van der Waals surface area contributed by atoms with Crippen LogP contribution in [0.5, 0.6) is 0 Å². The number of carbonyl (C=O) groups is 1. The van der Waals surface area contributed by atoms with Crippen molar-refractivity contribution in [3.05, 3.63) is 30.1 Å². The van der Waals surface area contributed by atoms with Crippen LogP contribution in [0.4, 0.5) is 0 Å². The Labute approximate surface area is 108 Å². The summed E-state index contributed by atoms with van der Waals surface area (Å²) in [5, 5.41) is 2.99. The van der Waals surface area contributed by atoms with E-state index in [2.05, 4.69) is 10.3 Å². The van der Waals surface area contributed by atoms with Crippen molar-refractivity contribution in [2.75, 3.05) is 0 Å². The first-order valence-corrected chi connectivity index (χ1v) is 6.57. The maximum Gasteiger partial charge on any atom is 0.222 e. The molecule has 0 saturated heterocycles. The number of nitrogens with one attached hydrogen (secondary N) is 1. The smallest absolute Gasteiger partial charge is 0.222 e. The number of amides is 1. The van der Waals surface area contributed by atoms with E-state index < -0.39 is 0 Å². The van der Waals surface area contributed by atoms with Crippen molar-refractivity contribution in [1.82, 2.24) is 10.3 Å². The van der Waals surface area contributed by atoms with Crippen molar-refractivity contribution in [2.24, 2.45) is 5.73 Å². The lowest BCUT2D eigenvalue weighted by Crippen LogP contribution is -2.42. The van der Waals surface area contributed by atoms with E-state index in [-0.39, 0.29) is 17.5 Å². The predicted octanol–water partition coefficient (Wildman–Crippen LogP) is 1.92. The molecule has 0 aliphatic heterocycles. The lowest BCUT2D eigenvalue weighted by Gasteiger charge is -2.24. The summed E-state index contributed by atoms with van der Waals surface area (Å²) in [5.74, 6) is 0.0377. The Morgan fingerprint density at radius 3 is 2.89 bits per heavy atom. The highest BCUT2D eigenvalue weighted by Gasteiger charge is 2.31. The Kier molecular flexibility index (Phi) is 3.97.